The van der Waals surface area contributed by atoms with Crippen molar-refractivity contribution in [3.05, 3.63) is 59.9 Å². The normalized spacial score (nSPS) is 11.8. The maximum atomic E-state index is 12.4. The minimum absolute atomic E-state index is 0.0176. The predicted octanol–water partition coefficient (Wildman–Crippen LogP) is 6.26. The van der Waals surface area contributed by atoms with Crippen LogP contribution >= 0.6 is 11.3 Å². The van der Waals surface area contributed by atoms with Crippen LogP contribution in [0.3, 0.4) is 0 Å². The van der Waals surface area contributed by atoms with Gasteiger partial charge in [0.15, 0.2) is 17.3 Å². The zero-order chi connectivity index (χ0) is 28.0. The number of nitrogens with one attached hydrogen (secondary N) is 3. The lowest BCUT2D eigenvalue weighted by Crippen LogP contribution is -2.19. The van der Waals surface area contributed by atoms with Gasteiger partial charge in [0.1, 0.15) is 16.7 Å². The number of rotatable bonds is 6. The van der Waals surface area contributed by atoms with Crippen molar-refractivity contribution < 1.29 is 9.59 Å². The van der Waals surface area contributed by atoms with Crippen molar-refractivity contribution in [2.24, 2.45) is 5.41 Å². The van der Waals surface area contributed by atoms with Gasteiger partial charge in [0.05, 0.1) is 38.4 Å². The molecule has 11 heteroatoms. The number of ketones is 1. The largest absolute Gasteiger partial charge is 0.336 e. The van der Waals surface area contributed by atoms with E-state index in [9.17, 15) is 9.59 Å². The van der Waals surface area contributed by atoms with E-state index in [1.807, 2.05) is 57.2 Å². The Hall–Kier alpha value is -4.77. The molecule has 10 nitrogen and oxygen atoms in total. The van der Waals surface area contributed by atoms with Crippen molar-refractivity contribution in [3.8, 4) is 33.3 Å². The van der Waals surface area contributed by atoms with Gasteiger partial charge in [-0.2, -0.15) is 5.10 Å². The summed E-state index contributed by atoms with van der Waals surface area (Å²) in [6, 6.07) is 11.2. The number of nitrogens with zero attached hydrogens (tertiary/aromatic N) is 5. The molecule has 0 radical (unpaired) electrons. The molecule has 40 heavy (non-hydrogen) atoms. The Bertz CT molecular complexity index is 1910. The third-order valence-corrected chi connectivity index (χ3v) is 7.42. The van der Waals surface area contributed by atoms with Crippen LogP contribution in [0.25, 0.3) is 55.4 Å². The maximum absolute atomic E-state index is 12.4. The molecule has 0 aliphatic rings. The first-order chi connectivity index (χ1) is 19.1. The number of amides is 1. The Morgan fingerprint density at radius 3 is 2.58 bits per heavy atom. The number of anilines is 1. The number of fused-ring (bicyclic) bond motifs is 2. The van der Waals surface area contributed by atoms with E-state index in [0.29, 0.717) is 50.9 Å². The van der Waals surface area contributed by atoms with Crippen molar-refractivity contribution in [1.82, 2.24) is 35.1 Å². The van der Waals surface area contributed by atoms with Crippen molar-refractivity contribution in [3.63, 3.8) is 0 Å². The fourth-order valence-electron chi connectivity index (χ4n) is 4.44. The molecule has 3 N–H and O–H groups in total. The second-order valence-electron chi connectivity index (χ2n) is 10.8. The van der Waals surface area contributed by atoms with Crippen LogP contribution in [0.5, 0.6) is 0 Å². The van der Waals surface area contributed by atoms with E-state index >= 15 is 0 Å². The lowest BCUT2D eigenvalue weighted by molar-refractivity contribution is -0.117. The average molecular weight is 551 g/mol. The van der Waals surface area contributed by atoms with Crippen LogP contribution in [-0.2, 0) is 4.79 Å². The van der Waals surface area contributed by atoms with E-state index in [0.717, 1.165) is 21.5 Å². The van der Waals surface area contributed by atoms with Crippen LogP contribution in [0.2, 0.25) is 0 Å². The number of hydrogen-bond acceptors (Lipinski definition) is 8. The molecular weight excluding hydrogens is 524 g/mol. The molecule has 0 saturated carbocycles. The number of imidazole rings is 1. The molecule has 0 spiro atoms. The molecule has 6 aromatic heterocycles. The smallest absolute Gasteiger partial charge is 0.224 e. The Morgan fingerprint density at radius 2 is 1.80 bits per heavy atom. The zero-order valence-electron chi connectivity index (χ0n) is 22.4. The highest BCUT2D eigenvalue weighted by Crippen LogP contribution is 2.34. The standard InChI is InChI=1S/C29H26N8O2S/c1-15(38)21-7-8-22(40-21)26-24-19(9-10-31-26)34-28(35-24)27-25-20(36-37-27)6-5-18(33-25)16-11-17(14-30-13-16)32-23(39)12-29(2,3)4/h5-11,13-14H,12H2,1-4H3,(H,32,39)(H,34,35)(H,36,37). The van der Waals surface area contributed by atoms with Gasteiger partial charge in [0.25, 0.3) is 0 Å². The number of aromatic amines is 2. The fourth-order valence-corrected chi connectivity index (χ4v) is 5.34. The molecule has 0 unspecified atom stereocenters. The van der Waals surface area contributed by atoms with Gasteiger partial charge in [0.2, 0.25) is 5.91 Å². The Morgan fingerprint density at radius 1 is 0.975 bits per heavy atom. The average Bonchev–Trinajstić information content (AvgIpc) is 3.65. The van der Waals surface area contributed by atoms with Crippen LogP contribution in [0.1, 0.15) is 43.8 Å². The quantitative estimate of drug-likeness (QED) is 0.208. The van der Waals surface area contributed by atoms with Gasteiger partial charge >= 0.3 is 0 Å². The summed E-state index contributed by atoms with van der Waals surface area (Å²) in [4.78, 5) is 47.7. The highest BCUT2D eigenvalue weighted by molar-refractivity contribution is 7.17. The highest BCUT2D eigenvalue weighted by Gasteiger charge is 2.19. The van der Waals surface area contributed by atoms with Crippen LogP contribution in [-0.4, -0.2) is 46.8 Å². The molecule has 200 valence electrons. The molecule has 6 heterocycles. The first-order valence-electron chi connectivity index (χ1n) is 12.7. The lowest BCUT2D eigenvalue weighted by Gasteiger charge is -2.17. The van der Waals surface area contributed by atoms with Gasteiger partial charge < -0.3 is 10.3 Å². The van der Waals surface area contributed by atoms with Crippen LogP contribution in [0.15, 0.2) is 55.0 Å². The molecule has 0 aliphatic carbocycles. The van der Waals surface area contributed by atoms with Gasteiger partial charge in [-0.1, -0.05) is 20.8 Å². The number of aromatic nitrogens is 7. The van der Waals surface area contributed by atoms with E-state index in [4.69, 9.17) is 9.97 Å². The summed E-state index contributed by atoms with van der Waals surface area (Å²) in [6.07, 6.45) is 5.45. The minimum atomic E-state index is -0.117. The Kier molecular flexibility index (Phi) is 6.22. The molecular formula is C29H26N8O2S. The summed E-state index contributed by atoms with van der Waals surface area (Å²) in [5.41, 5.74) is 6.08. The van der Waals surface area contributed by atoms with Crippen LogP contribution in [0.4, 0.5) is 5.69 Å². The molecule has 0 aliphatic heterocycles. The third kappa shape index (κ3) is 4.98. The summed E-state index contributed by atoms with van der Waals surface area (Å²) >= 11 is 1.39. The summed E-state index contributed by atoms with van der Waals surface area (Å²) in [7, 11) is 0. The minimum Gasteiger partial charge on any atom is -0.336 e. The monoisotopic (exact) mass is 550 g/mol. The number of Topliss-reactive ketones (excluding diaryl/α,β-unsaturated/α-hetero) is 1. The number of H-pyrrole nitrogens is 2. The van der Waals surface area contributed by atoms with Gasteiger partial charge in [-0.15, -0.1) is 11.3 Å². The summed E-state index contributed by atoms with van der Waals surface area (Å²) in [6.45, 7) is 7.62. The van der Waals surface area contributed by atoms with Crippen molar-refractivity contribution >= 4 is 50.8 Å². The molecule has 0 aromatic carbocycles. The van der Waals surface area contributed by atoms with E-state index in [-0.39, 0.29) is 17.1 Å². The predicted molar refractivity (Wildman–Crippen MR) is 156 cm³/mol. The molecule has 0 saturated heterocycles. The van der Waals surface area contributed by atoms with Crippen molar-refractivity contribution in [2.45, 2.75) is 34.1 Å². The number of carbonyl (C=O) groups is 2. The molecule has 0 fully saturated rings. The van der Waals surface area contributed by atoms with Gasteiger partial charge in [-0.25, -0.2) is 9.97 Å². The number of thiophene rings is 1. The van der Waals surface area contributed by atoms with Gasteiger partial charge in [0, 0.05) is 24.4 Å². The first-order valence-corrected chi connectivity index (χ1v) is 13.5. The molecule has 0 bridgehead atoms. The molecule has 1 amide bonds. The lowest BCUT2D eigenvalue weighted by atomic mass is 9.92. The highest BCUT2D eigenvalue weighted by atomic mass is 32.1. The van der Waals surface area contributed by atoms with Crippen molar-refractivity contribution in [2.75, 3.05) is 5.32 Å². The van der Waals surface area contributed by atoms with Gasteiger partial charge in [-0.3, -0.25) is 24.7 Å². The fraction of sp³-hybridized carbons (Fsp3) is 0.207. The number of hydrogen-bond donors (Lipinski definition) is 3. The van der Waals surface area contributed by atoms with Crippen molar-refractivity contribution in [1.29, 1.82) is 0 Å². The summed E-state index contributed by atoms with van der Waals surface area (Å²) in [5.74, 6) is 0.500. The Labute approximate surface area is 233 Å². The van der Waals surface area contributed by atoms with E-state index in [1.54, 1.807) is 25.5 Å². The third-order valence-electron chi connectivity index (χ3n) is 6.23. The molecule has 0 atom stereocenters. The van der Waals surface area contributed by atoms with Gasteiger partial charge in [-0.05, 0) is 48.7 Å². The molecule has 6 rings (SSSR count). The van der Waals surface area contributed by atoms with Crippen LogP contribution < -0.4 is 5.32 Å². The SMILES string of the molecule is CC(=O)c1ccc(-c2nccc3[nH]c(-c4n[nH]c5ccc(-c6cncc(NC(=O)CC(C)(C)C)c6)nc45)nc23)s1. The first kappa shape index (κ1) is 25.5. The Balaban J connectivity index is 1.36. The zero-order valence-corrected chi connectivity index (χ0v) is 23.2. The summed E-state index contributed by atoms with van der Waals surface area (Å²) < 4.78 is 0. The maximum Gasteiger partial charge on any atom is 0.224 e. The summed E-state index contributed by atoms with van der Waals surface area (Å²) in [5, 5.41) is 10.5. The number of carbonyl (C=O) groups excluding carboxylic acids is 2. The van der Waals surface area contributed by atoms with E-state index in [2.05, 4.69) is 30.5 Å². The van der Waals surface area contributed by atoms with E-state index < -0.39 is 0 Å². The molecule has 6 aromatic rings. The number of pyridine rings is 3. The second kappa shape index (κ2) is 9.76. The second-order valence-corrected chi connectivity index (χ2v) is 11.9. The van der Waals surface area contributed by atoms with E-state index in [1.165, 1.54) is 11.3 Å². The topological polar surface area (TPSA) is 142 Å². The van der Waals surface area contributed by atoms with Crippen LogP contribution in [0, 0.1) is 5.41 Å².